The van der Waals surface area contributed by atoms with Crippen molar-refractivity contribution in [1.82, 2.24) is 14.7 Å². The number of aryl methyl sites for hydroxylation is 1. The maximum absolute atomic E-state index is 10.3. The molecule has 0 radical (unpaired) electrons. The number of aliphatic hydroxyl groups is 1. The zero-order valence-corrected chi connectivity index (χ0v) is 13.2. The van der Waals surface area contributed by atoms with Crippen molar-refractivity contribution in [3.8, 4) is 0 Å². The number of nitrogens with two attached hydrogens (primary N) is 1. The Morgan fingerprint density at radius 2 is 2.05 bits per heavy atom. The van der Waals surface area contributed by atoms with Crippen molar-refractivity contribution in [2.75, 3.05) is 25.4 Å². The van der Waals surface area contributed by atoms with Crippen LogP contribution >= 0.6 is 0 Å². The average Bonchev–Trinajstić information content (AvgIpc) is 2.55. The van der Waals surface area contributed by atoms with E-state index in [1.807, 2.05) is 18.5 Å². The Balaban J connectivity index is 1.92. The van der Waals surface area contributed by atoms with Crippen molar-refractivity contribution in [3.05, 3.63) is 11.4 Å². The van der Waals surface area contributed by atoms with E-state index in [4.69, 9.17) is 5.73 Å². The van der Waals surface area contributed by atoms with Crippen molar-refractivity contribution in [3.63, 3.8) is 0 Å². The summed E-state index contributed by atoms with van der Waals surface area (Å²) in [7, 11) is 0. The van der Waals surface area contributed by atoms with Crippen LogP contribution in [0.1, 0.15) is 38.1 Å². The van der Waals surface area contributed by atoms with Crippen molar-refractivity contribution >= 4 is 5.69 Å². The second-order valence-electron chi connectivity index (χ2n) is 6.92. The maximum atomic E-state index is 10.3. The van der Waals surface area contributed by atoms with Crippen molar-refractivity contribution in [2.24, 2.45) is 5.41 Å². The van der Waals surface area contributed by atoms with Crippen LogP contribution in [0.5, 0.6) is 0 Å². The van der Waals surface area contributed by atoms with Crippen LogP contribution in [0.2, 0.25) is 0 Å². The topological polar surface area (TPSA) is 67.3 Å². The molecule has 20 heavy (non-hydrogen) atoms. The number of rotatable bonds is 4. The van der Waals surface area contributed by atoms with Crippen LogP contribution in [0, 0.1) is 19.3 Å². The lowest BCUT2D eigenvalue weighted by Gasteiger charge is -2.38. The summed E-state index contributed by atoms with van der Waals surface area (Å²) >= 11 is 0. The standard InChI is InChI=1S/C15H28N4O/c1-11-14(16)12(2)19(17-11)9-13(20)8-18-7-5-6-15(3,4)10-18/h13,20H,5-10,16H2,1-4H3. The fraction of sp³-hybridized carbons (Fsp3) is 0.800. The lowest BCUT2D eigenvalue weighted by Crippen LogP contribution is -2.44. The third-order valence-electron chi connectivity index (χ3n) is 4.27. The number of hydrogen-bond acceptors (Lipinski definition) is 4. The molecule has 0 spiro atoms. The van der Waals surface area contributed by atoms with Gasteiger partial charge in [-0.1, -0.05) is 13.8 Å². The predicted molar refractivity (Wildman–Crippen MR) is 81.6 cm³/mol. The van der Waals surface area contributed by atoms with Gasteiger partial charge in [-0.2, -0.15) is 5.10 Å². The largest absolute Gasteiger partial charge is 0.396 e. The Morgan fingerprint density at radius 1 is 1.35 bits per heavy atom. The summed E-state index contributed by atoms with van der Waals surface area (Å²) < 4.78 is 1.82. The lowest BCUT2D eigenvalue weighted by molar-refractivity contribution is 0.0507. The van der Waals surface area contributed by atoms with Gasteiger partial charge in [0.25, 0.3) is 0 Å². The van der Waals surface area contributed by atoms with Crippen LogP contribution in [0.15, 0.2) is 0 Å². The van der Waals surface area contributed by atoms with Gasteiger partial charge in [-0.3, -0.25) is 4.68 Å². The zero-order chi connectivity index (χ0) is 14.9. The van der Waals surface area contributed by atoms with E-state index in [1.165, 1.54) is 12.8 Å². The number of likely N-dealkylation sites (tertiary alicyclic amines) is 1. The molecule has 1 atom stereocenters. The van der Waals surface area contributed by atoms with Gasteiger partial charge in [0.2, 0.25) is 0 Å². The van der Waals surface area contributed by atoms with Gasteiger partial charge in [0.05, 0.1) is 29.7 Å². The van der Waals surface area contributed by atoms with E-state index < -0.39 is 6.10 Å². The Bertz CT molecular complexity index is 467. The number of β-amino-alcohol motifs (C(OH)–C–C–N with tert-alkyl or cyclic N) is 1. The SMILES string of the molecule is Cc1nn(CC(O)CN2CCCC(C)(C)C2)c(C)c1N. The van der Waals surface area contributed by atoms with Gasteiger partial charge in [-0.25, -0.2) is 0 Å². The first-order chi connectivity index (χ1) is 9.28. The molecule has 1 aromatic heterocycles. The van der Waals surface area contributed by atoms with Crippen LogP contribution < -0.4 is 5.73 Å². The summed E-state index contributed by atoms with van der Waals surface area (Å²) in [5.41, 5.74) is 8.80. The summed E-state index contributed by atoms with van der Waals surface area (Å²) in [6, 6.07) is 0. The molecule has 0 bridgehead atoms. The molecule has 1 fully saturated rings. The van der Waals surface area contributed by atoms with E-state index >= 15 is 0 Å². The molecular formula is C15H28N4O. The molecule has 0 aliphatic carbocycles. The molecule has 0 amide bonds. The highest BCUT2D eigenvalue weighted by atomic mass is 16.3. The molecule has 3 N–H and O–H groups in total. The molecule has 5 heteroatoms. The predicted octanol–water partition coefficient (Wildman–Crippen LogP) is 1.57. The Hall–Kier alpha value is -1.07. The third kappa shape index (κ3) is 3.52. The number of hydrogen-bond donors (Lipinski definition) is 2. The van der Waals surface area contributed by atoms with E-state index in [9.17, 15) is 5.11 Å². The van der Waals surface area contributed by atoms with Crippen LogP contribution in [-0.2, 0) is 6.54 Å². The second-order valence-corrected chi connectivity index (χ2v) is 6.92. The van der Waals surface area contributed by atoms with Gasteiger partial charge in [0.1, 0.15) is 0 Å². The molecule has 0 saturated carbocycles. The molecular weight excluding hydrogens is 252 g/mol. The highest BCUT2D eigenvalue weighted by Crippen LogP contribution is 2.28. The highest BCUT2D eigenvalue weighted by molar-refractivity contribution is 5.46. The number of nitrogens with zero attached hydrogens (tertiary/aromatic N) is 3. The molecule has 1 saturated heterocycles. The normalized spacial score (nSPS) is 21.1. The zero-order valence-electron chi connectivity index (χ0n) is 13.2. The lowest BCUT2D eigenvalue weighted by atomic mass is 9.84. The molecule has 114 valence electrons. The number of aliphatic hydroxyl groups excluding tert-OH is 1. The van der Waals surface area contributed by atoms with Gasteiger partial charge >= 0.3 is 0 Å². The second kappa shape index (κ2) is 5.74. The average molecular weight is 280 g/mol. The Kier molecular flexibility index (Phi) is 4.39. The molecule has 0 aromatic carbocycles. The Labute approximate surface area is 121 Å². The van der Waals surface area contributed by atoms with E-state index in [0.29, 0.717) is 18.5 Å². The minimum absolute atomic E-state index is 0.362. The van der Waals surface area contributed by atoms with Gasteiger partial charge in [-0.15, -0.1) is 0 Å². The summed E-state index contributed by atoms with van der Waals surface area (Å²) in [4.78, 5) is 2.36. The summed E-state index contributed by atoms with van der Waals surface area (Å²) in [6.07, 6.45) is 2.08. The van der Waals surface area contributed by atoms with Gasteiger partial charge < -0.3 is 15.7 Å². The maximum Gasteiger partial charge on any atom is 0.0862 e. The first-order valence-electron chi connectivity index (χ1n) is 7.48. The molecule has 1 aliphatic rings. The van der Waals surface area contributed by atoms with Crippen LogP contribution in [0.4, 0.5) is 5.69 Å². The van der Waals surface area contributed by atoms with Gasteiger partial charge in [0, 0.05) is 13.1 Å². The fourth-order valence-electron chi connectivity index (χ4n) is 3.14. The molecule has 1 unspecified atom stereocenters. The molecule has 1 aliphatic heterocycles. The minimum atomic E-state index is -0.402. The minimum Gasteiger partial charge on any atom is -0.396 e. The van der Waals surface area contributed by atoms with E-state index in [-0.39, 0.29) is 0 Å². The first-order valence-corrected chi connectivity index (χ1v) is 7.48. The molecule has 2 rings (SSSR count). The number of nitrogen functional groups attached to an aromatic ring is 1. The molecule has 2 heterocycles. The summed E-state index contributed by atoms with van der Waals surface area (Å²) in [5, 5.41) is 14.7. The summed E-state index contributed by atoms with van der Waals surface area (Å²) in [6.45, 7) is 11.8. The smallest absolute Gasteiger partial charge is 0.0862 e. The van der Waals surface area contributed by atoms with Crippen LogP contribution in [-0.4, -0.2) is 45.5 Å². The van der Waals surface area contributed by atoms with Crippen LogP contribution in [0.25, 0.3) is 0 Å². The van der Waals surface area contributed by atoms with Crippen molar-refractivity contribution in [1.29, 1.82) is 0 Å². The van der Waals surface area contributed by atoms with Crippen molar-refractivity contribution < 1.29 is 5.11 Å². The van der Waals surface area contributed by atoms with Crippen LogP contribution in [0.3, 0.4) is 0 Å². The number of anilines is 1. The molecule has 5 nitrogen and oxygen atoms in total. The fourth-order valence-corrected chi connectivity index (χ4v) is 3.14. The van der Waals surface area contributed by atoms with E-state index in [2.05, 4.69) is 23.8 Å². The van der Waals surface area contributed by atoms with Gasteiger partial charge in [0.15, 0.2) is 0 Å². The first kappa shape index (κ1) is 15.3. The molecule has 1 aromatic rings. The third-order valence-corrected chi connectivity index (χ3v) is 4.27. The van der Waals surface area contributed by atoms with Gasteiger partial charge in [-0.05, 0) is 38.6 Å². The quantitative estimate of drug-likeness (QED) is 0.878. The summed E-state index contributed by atoms with van der Waals surface area (Å²) in [5.74, 6) is 0. The Morgan fingerprint density at radius 3 is 2.60 bits per heavy atom. The number of aromatic nitrogens is 2. The highest BCUT2D eigenvalue weighted by Gasteiger charge is 2.27. The monoisotopic (exact) mass is 280 g/mol. The number of piperidine rings is 1. The van der Waals surface area contributed by atoms with E-state index in [0.717, 1.165) is 30.2 Å². The van der Waals surface area contributed by atoms with E-state index in [1.54, 1.807) is 0 Å². The van der Waals surface area contributed by atoms with Crippen molar-refractivity contribution in [2.45, 2.75) is 53.2 Å².